The maximum absolute atomic E-state index is 12.4. The number of rotatable bonds is 3. The monoisotopic (exact) mass is 315 g/mol. The first kappa shape index (κ1) is 15.0. The lowest BCUT2D eigenvalue weighted by molar-refractivity contribution is -0.138. The number of amides is 1. The van der Waals surface area contributed by atoms with Gasteiger partial charge in [-0.25, -0.2) is 0 Å². The Labute approximate surface area is 137 Å². The van der Waals surface area contributed by atoms with Crippen molar-refractivity contribution in [3.63, 3.8) is 0 Å². The van der Waals surface area contributed by atoms with Gasteiger partial charge in [0.05, 0.1) is 13.7 Å². The second-order valence-electron chi connectivity index (χ2n) is 7.34. The maximum atomic E-state index is 12.4. The van der Waals surface area contributed by atoms with Crippen molar-refractivity contribution in [2.24, 2.45) is 5.41 Å². The summed E-state index contributed by atoms with van der Waals surface area (Å²) in [6.07, 6.45) is 6.23. The lowest BCUT2D eigenvalue weighted by Gasteiger charge is -2.39. The van der Waals surface area contributed by atoms with Crippen LogP contribution in [-0.2, 0) is 28.9 Å². The van der Waals surface area contributed by atoms with Crippen LogP contribution in [0.15, 0.2) is 12.1 Å². The van der Waals surface area contributed by atoms with Crippen LogP contribution in [0.4, 0.5) is 0 Å². The number of aryl methyl sites for hydroxylation is 2. The fourth-order valence-electron chi connectivity index (χ4n) is 4.39. The molecule has 0 unspecified atom stereocenters. The molecule has 0 bridgehead atoms. The molecule has 1 aromatic carbocycles. The number of nitrogens with zero attached hydrogens (tertiary/aromatic N) is 1. The molecule has 1 aliphatic carbocycles. The molecule has 4 nitrogen and oxygen atoms in total. The highest BCUT2D eigenvalue weighted by Crippen LogP contribution is 2.39. The second kappa shape index (κ2) is 5.82. The summed E-state index contributed by atoms with van der Waals surface area (Å²) in [5, 5.41) is 0. The first-order valence-corrected chi connectivity index (χ1v) is 8.73. The number of hydrogen-bond donors (Lipinski definition) is 0. The third kappa shape index (κ3) is 2.74. The summed E-state index contributed by atoms with van der Waals surface area (Å²) in [5.74, 6) is 1.20. The quantitative estimate of drug-likeness (QED) is 0.861. The van der Waals surface area contributed by atoms with Crippen molar-refractivity contribution in [3.8, 4) is 5.75 Å². The number of likely N-dealkylation sites (tertiary alicyclic amines) is 1. The van der Waals surface area contributed by atoms with Crippen LogP contribution in [-0.4, -0.2) is 37.7 Å². The van der Waals surface area contributed by atoms with Gasteiger partial charge >= 0.3 is 0 Å². The first-order valence-electron chi connectivity index (χ1n) is 8.73. The molecule has 2 saturated heterocycles. The van der Waals surface area contributed by atoms with E-state index in [1.807, 2.05) is 4.90 Å². The van der Waals surface area contributed by atoms with Gasteiger partial charge < -0.3 is 14.4 Å². The fraction of sp³-hybridized carbons (Fsp3) is 0.632. The van der Waals surface area contributed by atoms with E-state index in [1.165, 1.54) is 17.5 Å². The van der Waals surface area contributed by atoms with Gasteiger partial charge in [-0.05, 0) is 49.3 Å². The van der Waals surface area contributed by atoms with E-state index < -0.39 is 0 Å². The summed E-state index contributed by atoms with van der Waals surface area (Å²) in [4.78, 5) is 14.4. The Morgan fingerprint density at radius 1 is 1.22 bits per heavy atom. The van der Waals surface area contributed by atoms with Gasteiger partial charge in [-0.2, -0.15) is 0 Å². The van der Waals surface area contributed by atoms with Crippen LogP contribution < -0.4 is 4.74 Å². The van der Waals surface area contributed by atoms with Crippen molar-refractivity contribution < 1.29 is 14.3 Å². The molecule has 0 aromatic heterocycles. The molecule has 1 atom stereocenters. The van der Waals surface area contributed by atoms with E-state index >= 15 is 0 Å². The number of piperidine rings is 1. The SMILES string of the molecule is COc1cc2c(cc1CN1C[C@@]3(CCOC3)CCC1=O)CCC2. The van der Waals surface area contributed by atoms with Gasteiger partial charge in [0.2, 0.25) is 5.91 Å². The zero-order valence-electron chi connectivity index (χ0n) is 13.9. The smallest absolute Gasteiger partial charge is 0.222 e. The van der Waals surface area contributed by atoms with E-state index in [0.717, 1.165) is 56.8 Å². The number of benzene rings is 1. The number of methoxy groups -OCH3 is 1. The molecule has 3 aliphatic rings. The van der Waals surface area contributed by atoms with Crippen molar-refractivity contribution in [3.05, 3.63) is 28.8 Å². The van der Waals surface area contributed by atoms with Gasteiger partial charge in [0, 0.05) is 37.1 Å². The van der Waals surface area contributed by atoms with Crippen LogP contribution in [0.2, 0.25) is 0 Å². The normalized spacial score (nSPS) is 26.8. The van der Waals surface area contributed by atoms with Crippen LogP contribution in [0.5, 0.6) is 5.75 Å². The predicted molar refractivity (Wildman–Crippen MR) is 87.5 cm³/mol. The van der Waals surface area contributed by atoms with Gasteiger partial charge in [0.1, 0.15) is 5.75 Å². The Bertz CT molecular complexity index is 619. The third-order valence-corrected chi connectivity index (χ3v) is 5.79. The summed E-state index contributed by atoms with van der Waals surface area (Å²) in [5.41, 5.74) is 4.19. The summed E-state index contributed by atoms with van der Waals surface area (Å²) < 4.78 is 11.2. The number of carbonyl (C=O) groups excluding carboxylic acids is 1. The second-order valence-corrected chi connectivity index (χ2v) is 7.34. The molecule has 0 radical (unpaired) electrons. The molecule has 2 aliphatic heterocycles. The number of carbonyl (C=O) groups is 1. The van der Waals surface area contributed by atoms with E-state index in [0.29, 0.717) is 13.0 Å². The van der Waals surface area contributed by atoms with Gasteiger partial charge in [0.15, 0.2) is 0 Å². The number of hydrogen-bond acceptors (Lipinski definition) is 3. The van der Waals surface area contributed by atoms with Crippen molar-refractivity contribution in [2.45, 2.75) is 45.1 Å². The maximum Gasteiger partial charge on any atom is 0.222 e. The van der Waals surface area contributed by atoms with E-state index in [4.69, 9.17) is 9.47 Å². The van der Waals surface area contributed by atoms with E-state index in [9.17, 15) is 4.79 Å². The minimum atomic E-state index is 0.192. The molecule has 4 rings (SSSR count). The molecular formula is C19H25NO3. The molecule has 4 heteroatoms. The highest BCUT2D eigenvalue weighted by atomic mass is 16.5. The van der Waals surface area contributed by atoms with Crippen molar-refractivity contribution in [1.29, 1.82) is 0 Å². The van der Waals surface area contributed by atoms with Crippen LogP contribution in [0.3, 0.4) is 0 Å². The summed E-state index contributed by atoms with van der Waals surface area (Å²) in [6, 6.07) is 4.45. The van der Waals surface area contributed by atoms with Crippen molar-refractivity contribution in [1.82, 2.24) is 4.90 Å². The Hall–Kier alpha value is -1.55. The zero-order valence-corrected chi connectivity index (χ0v) is 13.9. The molecule has 124 valence electrons. The lowest BCUT2D eigenvalue weighted by atomic mass is 9.79. The van der Waals surface area contributed by atoms with Crippen LogP contribution in [0.25, 0.3) is 0 Å². The Balaban J connectivity index is 1.58. The van der Waals surface area contributed by atoms with Gasteiger partial charge in [-0.3, -0.25) is 4.79 Å². The third-order valence-electron chi connectivity index (χ3n) is 5.79. The highest BCUT2D eigenvalue weighted by molar-refractivity contribution is 5.77. The molecule has 23 heavy (non-hydrogen) atoms. The molecule has 0 saturated carbocycles. The standard InChI is InChI=1S/C19H25NO3/c1-22-17-10-15-4-2-3-14(15)9-16(17)11-20-12-19(6-5-18(20)21)7-8-23-13-19/h9-10H,2-8,11-13H2,1H3/t19-/m0/s1. The summed E-state index contributed by atoms with van der Waals surface area (Å²) in [6.45, 7) is 3.13. The molecular weight excluding hydrogens is 290 g/mol. The Morgan fingerprint density at radius 3 is 2.78 bits per heavy atom. The number of ether oxygens (including phenoxy) is 2. The highest BCUT2D eigenvalue weighted by Gasteiger charge is 2.41. The molecule has 1 aromatic rings. The van der Waals surface area contributed by atoms with Crippen LogP contribution in [0.1, 0.15) is 42.4 Å². The van der Waals surface area contributed by atoms with Crippen molar-refractivity contribution in [2.75, 3.05) is 26.9 Å². The van der Waals surface area contributed by atoms with Crippen LogP contribution in [0, 0.1) is 5.41 Å². The first-order chi connectivity index (χ1) is 11.2. The predicted octanol–water partition coefficient (Wildman–Crippen LogP) is 2.71. The molecule has 0 N–H and O–H groups in total. The topological polar surface area (TPSA) is 38.8 Å². The lowest BCUT2D eigenvalue weighted by Crippen LogP contribution is -2.46. The zero-order chi connectivity index (χ0) is 15.9. The largest absolute Gasteiger partial charge is 0.496 e. The molecule has 2 fully saturated rings. The average Bonchev–Trinajstić information content (AvgIpc) is 3.19. The molecule has 1 amide bonds. The Kier molecular flexibility index (Phi) is 3.80. The fourth-order valence-corrected chi connectivity index (χ4v) is 4.39. The minimum absolute atomic E-state index is 0.192. The van der Waals surface area contributed by atoms with E-state index in [-0.39, 0.29) is 11.3 Å². The van der Waals surface area contributed by atoms with Gasteiger partial charge in [-0.1, -0.05) is 6.07 Å². The van der Waals surface area contributed by atoms with E-state index in [1.54, 1.807) is 7.11 Å². The summed E-state index contributed by atoms with van der Waals surface area (Å²) >= 11 is 0. The van der Waals surface area contributed by atoms with Crippen molar-refractivity contribution >= 4 is 5.91 Å². The number of fused-ring (bicyclic) bond motifs is 1. The summed E-state index contributed by atoms with van der Waals surface area (Å²) in [7, 11) is 1.73. The minimum Gasteiger partial charge on any atom is -0.496 e. The van der Waals surface area contributed by atoms with Crippen LogP contribution >= 0.6 is 0 Å². The molecule has 2 heterocycles. The molecule has 1 spiro atoms. The average molecular weight is 315 g/mol. The van der Waals surface area contributed by atoms with Gasteiger partial charge in [-0.15, -0.1) is 0 Å². The van der Waals surface area contributed by atoms with Gasteiger partial charge in [0.25, 0.3) is 0 Å². The Morgan fingerprint density at radius 2 is 2.04 bits per heavy atom. The van der Waals surface area contributed by atoms with E-state index in [2.05, 4.69) is 12.1 Å².